The molecule has 0 heterocycles. The number of esters is 2. The molecule has 418 valence electrons. The molecule has 12 aromatic carbocycles. The predicted octanol–water partition coefficient (Wildman–Crippen LogP) is 16.3. The van der Waals surface area contributed by atoms with Gasteiger partial charge in [-0.15, -0.1) is 0 Å². The Hall–Kier alpha value is -10.7. The van der Waals surface area contributed by atoms with Gasteiger partial charge >= 0.3 is 11.9 Å². The van der Waals surface area contributed by atoms with Crippen molar-refractivity contribution >= 4 is 76.6 Å². The highest BCUT2D eigenvalue weighted by Gasteiger charge is 2.36. The van der Waals surface area contributed by atoms with Gasteiger partial charge in [-0.25, -0.2) is 0 Å². The Morgan fingerprint density at radius 2 is 0.583 bits per heavy atom. The van der Waals surface area contributed by atoms with Crippen LogP contribution in [0.4, 0.5) is 0 Å². The minimum Gasteiger partial charge on any atom is -0.504 e. The first-order valence-electron chi connectivity index (χ1n) is 26.9. The van der Waals surface area contributed by atoms with Gasteiger partial charge < -0.3 is 52.8 Å². The number of rotatable bonds is 14. The number of hydrogen-bond acceptors (Lipinski definition) is 13. The third-order valence-corrected chi connectivity index (χ3v) is 15.6. The highest BCUT2D eigenvalue weighted by atomic mass is 16.6. The van der Waals surface area contributed by atoms with Gasteiger partial charge in [0.05, 0.1) is 49.8 Å². The average Bonchev–Trinajstić information content (AvgIpc) is 2.39. The molecule has 12 aromatic rings. The fraction of sp³-hybridized carbons (Fsp3) is 0.127. The van der Waals surface area contributed by atoms with E-state index in [4.69, 9.17) is 42.6 Å². The normalized spacial score (nSPS) is 11.3. The van der Waals surface area contributed by atoms with Gasteiger partial charge in [-0.2, -0.15) is 0 Å². The minimum absolute atomic E-state index is 0.0756. The first-order chi connectivity index (χ1) is 40.9. The van der Waals surface area contributed by atoms with Crippen LogP contribution in [0.1, 0.15) is 13.8 Å². The van der Waals surface area contributed by atoms with Crippen molar-refractivity contribution in [3.63, 3.8) is 0 Å². The molecule has 13 heteroatoms. The first-order valence-corrected chi connectivity index (χ1v) is 26.9. The molecule has 0 aliphatic carbocycles. The molecule has 0 saturated carbocycles. The third kappa shape index (κ3) is 8.37. The van der Waals surface area contributed by atoms with Gasteiger partial charge in [0.25, 0.3) is 0 Å². The zero-order valence-electron chi connectivity index (χ0n) is 47.5. The summed E-state index contributed by atoms with van der Waals surface area (Å²) in [4.78, 5) is 25.0. The van der Waals surface area contributed by atoms with Crippen LogP contribution in [-0.2, 0) is 9.59 Å². The molecule has 0 saturated heterocycles. The second-order valence-electron chi connectivity index (χ2n) is 20.0. The second kappa shape index (κ2) is 21.7. The molecule has 0 unspecified atom stereocenters. The summed E-state index contributed by atoms with van der Waals surface area (Å²) in [5, 5.41) is 35.2. The summed E-state index contributed by atoms with van der Waals surface area (Å²) in [6, 6.07) is 51.8. The van der Waals surface area contributed by atoms with Crippen molar-refractivity contribution in [3.05, 3.63) is 164 Å². The third-order valence-electron chi connectivity index (χ3n) is 15.6. The fourth-order valence-corrected chi connectivity index (χ4v) is 12.5. The molecule has 0 bridgehead atoms. The lowest BCUT2D eigenvalue weighted by Crippen LogP contribution is -2.05. The molecule has 0 aliphatic rings. The molecule has 0 aliphatic heterocycles. The number of methoxy groups -OCH3 is 7. The van der Waals surface area contributed by atoms with Crippen molar-refractivity contribution in [2.45, 2.75) is 13.8 Å². The Balaban J connectivity index is 1.16. The van der Waals surface area contributed by atoms with Gasteiger partial charge in [0, 0.05) is 63.9 Å². The van der Waals surface area contributed by atoms with Crippen LogP contribution in [-0.4, -0.2) is 71.9 Å². The molecule has 0 spiro atoms. The first kappa shape index (κ1) is 54.0. The number of aromatic hydroxyl groups is 2. The number of ether oxygens (including phenoxy) is 9. The molecule has 0 fully saturated rings. The van der Waals surface area contributed by atoms with E-state index in [9.17, 15) is 19.8 Å². The van der Waals surface area contributed by atoms with E-state index in [1.54, 1.807) is 34.5 Å². The van der Waals surface area contributed by atoms with E-state index in [0.29, 0.717) is 106 Å². The summed E-state index contributed by atoms with van der Waals surface area (Å²) in [7, 11) is 10.8. The lowest BCUT2D eigenvalue weighted by atomic mass is 9.82. The van der Waals surface area contributed by atoms with Crippen molar-refractivity contribution in [3.8, 4) is 119 Å². The lowest BCUT2D eigenvalue weighted by Gasteiger charge is -2.27. The van der Waals surface area contributed by atoms with Crippen LogP contribution >= 0.6 is 0 Å². The van der Waals surface area contributed by atoms with Crippen LogP contribution in [0.3, 0.4) is 0 Å². The van der Waals surface area contributed by atoms with E-state index in [0.717, 1.165) is 37.9 Å². The molecular formula is C71H56O13. The molecular weight excluding hydrogens is 1060 g/mol. The van der Waals surface area contributed by atoms with Crippen LogP contribution in [0.2, 0.25) is 0 Å². The van der Waals surface area contributed by atoms with Gasteiger partial charge in [-0.05, 0) is 88.4 Å². The largest absolute Gasteiger partial charge is 0.504 e. The molecule has 0 atom stereocenters. The summed E-state index contributed by atoms with van der Waals surface area (Å²) >= 11 is 0. The van der Waals surface area contributed by atoms with Gasteiger partial charge in [-0.3, -0.25) is 9.59 Å². The van der Waals surface area contributed by atoms with E-state index in [1.807, 2.05) is 158 Å². The topological polar surface area (TPSA) is 158 Å². The quantitative estimate of drug-likeness (QED) is 0.0784. The van der Waals surface area contributed by atoms with Crippen molar-refractivity contribution in [1.29, 1.82) is 0 Å². The number of carbonyl (C=O) groups excluding carboxylic acids is 2. The van der Waals surface area contributed by atoms with Crippen LogP contribution < -0.4 is 42.6 Å². The number of phenolic OH excluding ortho intramolecular Hbond substituents is 2. The molecule has 12 rings (SSSR count). The number of carbonyl (C=O) groups is 2. The zero-order valence-corrected chi connectivity index (χ0v) is 47.5. The average molecular weight is 1120 g/mol. The van der Waals surface area contributed by atoms with E-state index in [2.05, 4.69) is 0 Å². The summed E-state index contributed by atoms with van der Waals surface area (Å²) in [5.74, 6) is 0.863. The Labute approximate surface area is 483 Å². The predicted molar refractivity (Wildman–Crippen MR) is 330 cm³/mol. The number of phenols is 2. The van der Waals surface area contributed by atoms with Crippen LogP contribution in [0.5, 0.6) is 63.2 Å². The van der Waals surface area contributed by atoms with Crippen LogP contribution in [0.25, 0.3) is 120 Å². The fourth-order valence-electron chi connectivity index (χ4n) is 12.5. The Morgan fingerprint density at radius 3 is 0.952 bits per heavy atom. The molecule has 84 heavy (non-hydrogen) atoms. The Kier molecular flexibility index (Phi) is 13.9. The number of benzene rings is 12. The van der Waals surface area contributed by atoms with Crippen molar-refractivity contribution in [1.82, 2.24) is 0 Å². The van der Waals surface area contributed by atoms with Gasteiger partial charge in [0.15, 0.2) is 57.5 Å². The van der Waals surface area contributed by atoms with Crippen molar-refractivity contribution in [2.24, 2.45) is 0 Å². The van der Waals surface area contributed by atoms with E-state index in [1.165, 1.54) is 35.2 Å². The summed E-state index contributed by atoms with van der Waals surface area (Å²) < 4.78 is 56.3. The van der Waals surface area contributed by atoms with E-state index < -0.39 is 11.9 Å². The van der Waals surface area contributed by atoms with Gasteiger partial charge in [0.2, 0.25) is 0 Å². The Morgan fingerprint density at radius 1 is 0.298 bits per heavy atom. The van der Waals surface area contributed by atoms with Gasteiger partial charge in [-0.1, -0.05) is 146 Å². The zero-order chi connectivity index (χ0) is 58.7. The monoisotopic (exact) mass is 1120 g/mol. The van der Waals surface area contributed by atoms with Crippen molar-refractivity contribution in [2.75, 3.05) is 49.8 Å². The Bertz CT molecular complexity index is 4720. The van der Waals surface area contributed by atoms with Crippen LogP contribution in [0, 0.1) is 0 Å². The highest BCUT2D eigenvalue weighted by Crippen LogP contribution is 2.63. The molecule has 13 nitrogen and oxygen atoms in total. The maximum Gasteiger partial charge on any atom is 0.308 e. The second-order valence-corrected chi connectivity index (χ2v) is 20.0. The summed E-state index contributed by atoms with van der Waals surface area (Å²) in [6.07, 6.45) is 0. The van der Waals surface area contributed by atoms with Crippen molar-refractivity contribution < 1.29 is 62.4 Å². The van der Waals surface area contributed by atoms with E-state index >= 15 is 0 Å². The lowest BCUT2D eigenvalue weighted by molar-refractivity contribution is -0.132. The smallest absolute Gasteiger partial charge is 0.308 e. The molecule has 0 radical (unpaired) electrons. The maximum atomic E-state index is 13.3. The molecule has 0 aromatic heterocycles. The molecule has 2 N–H and O–H groups in total. The number of fused-ring (bicyclic) bond motifs is 6. The maximum absolute atomic E-state index is 13.3. The summed E-state index contributed by atoms with van der Waals surface area (Å²) in [6.45, 7) is 2.71. The molecule has 0 amide bonds. The standard InChI is InChI=1S/C71H56O13/c1-37(72)83-41-34-39-22-10-12-24-42(39)52(36-41)54-44-26-14-17-29-47(44)61(69(80-7)68(54)79-6)58-48-30-18-15-27-45(48)55(63(74)66(58)77-4)56-46-28-16-19-31-49(46)59(67(78-5)64(56)75)62-51-33-21-20-32-50(51)60(70(81-8)71(62)82-9)57-43-25-13-11-23-40(43)35-53(65(57)76-3)84-38(2)73/h10-36,74-75H,1-9H3. The van der Waals surface area contributed by atoms with Crippen LogP contribution in [0.15, 0.2) is 164 Å². The van der Waals surface area contributed by atoms with Gasteiger partial charge in [0.1, 0.15) is 5.75 Å². The minimum atomic E-state index is -0.520. The SMILES string of the molecule is COc1c(OC(C)=O)cc2ccccc2c1-c1c(OC)c(OC)c(-c2c(OC)c(O)c(-c3c(O)c(OC)c(-c4c(OC)c(OC)c(-c5cc(OC(C)=O)cc6ccccc56)c5ccccc45)c4ccccc34)c3ccccc23)c2ccccc12. The highest BCUT2D eigenvalue weighted by molar-refractivity contribution is 6.25. The summed E-state index contributed by atoms with van der Waals surface area (Å²) in [5.41, 5.74) is 5.20. The number of hydrogen-bond donors (Lipinski definition) is 2. The van der Waals surface area contributed by atoms with E-state index in [-0.39, 0.29) is 39.9 Å².